The number of aromatic nitrogens is 2. The fourth-order valence-corrected chi connectivity index (χ4v) is 1.94. The lowest BCUT2D eigenvalue weighted by Gasteiger charge is -2.00. The minimum atomic E-state index is -4.06. The van der Waals surface area contributed by atoms with Crippen LogP contribution in [0.1, 0.15) is 5.56 Å². The maximum atomic E-state index is 11.2. The molecule has 4 N–H and O–H groups in total. The van der Waals surface area contributed by atoms with Crippen molar-refractivity contribution in [2.75, 3.05) is 6.16 Å². The van der Waals surface area contributed by atoms with Gasteiger partial charge in [0.1, 0.15) is 0 Å². The van der Waals surface area contributed by atoms with Gasteiger partial charge in [-0.15, -0.1) is 0 Å². The van der Waals surface area contributed by atoms with Gasteiger partial charge in [0.25, 0.3) is 0 Å². The van der Waals surface area contributed by atoms with E-state index in [4.69, 9.17) is 9.79 Å². The molecule has 2 rings (SSSR count). The molecule has 0 fully saturated rings. The molecule has 1 aromatic heterocycles. The van der Waals surface area contributed by atoms with E-state index < -0.39 is 18.7 Å². The van der Waals surface area contributed by atoms with Crippen molar-refractivity contribution in [3.8, 4) is 0 Å². The number of hydrogen-bond acceptors (Lipinski definition) is 3. The number of aromatic amines is 2. The first-order chi connectivity index (χ1) is 8.85. The van der Waals surface area contributed by atoms with Crippen LogP contribution in [0.2, 0.25) is 0 Å². The first-order valence-corrected chi connectivity index (χ1v) is 7.12. The average Bonchev–Trinajstić information content (AvgIpc) is 2.29. The molecule has 100 valence electrons. The third kappa shape index (κ3) is 3.51. The van der Waals surface area contributed by atoms with Crippen LogP contribution in [0.4, 0.5) is 0 Å². The quantitative estimate of drug-likeness (QED) is 0.479. The summed E-state index contributed by atoms with van der Waals surface area (Å²) in [5, 5.41) is 0. The molecule has 0 aliphatic rings. The van der Waals surface area contributed by atoms with E-state index >= 15 is 0 Å². The second-order valence-corrected chi connectivity index (χ2v) is 5.66. The molecule has 0 spiro atoms. The van der Waals surface area contributed by atoms with Gasteiger partial charge < -0.3 is 19.8 Å². The Kier molecular flexibility index (Phi) is 3.53. The Labute approximate surface area is 106 Å². The van der Waals surface area contributed by atoms with Gasteiger partial charge in [-0.1, -0.05) is 18.2 Å². The lowest BCUT2D eigenvalue weighted by molar-refractivity contribution is 0.377. The van der Waals surface area contributed by atoms with Gasteiger partial charge in [0.05, 0.1) is 17.2 Å². The predicted molar refractivity (Wildman–Crippen MR) is 71.1 cm³/mol. The predicted octanol–water partition coefficient (Wildman–Crippen LogP) is 0.407. The minimum Gasteiger partial charge on any atom is -0.324 e. The number of rotatable bonds is 3. The van der Waals surface area contributed by atoms with Crippen LogP contribution in [0.25, 0.3) is 17.1 Å². The molecule has 0 saturated carbocycles. The maximum absolute atomic E-state index is 11.2. The van der Waals surface area contributed by atoms with Crippen LogP contribution >= 0.6 is 7.60 Å². The Morgan fingerprint density at radius 3 is 2.37 bits per heavy atom. The molecular formula is C11H11N2O5P. The molecule has 0 saturated heterocycles. The summed E-state index contributed by atoms with van der Waals surface area (Å²) >= 11 is 0. The van der Waals surface area contributed by atoms with Crippen LogP contribution in [0, 0.1) is 0 Å². The van der Waals surface area contributed by atoms with Crippen molar-refractivity contribution in [3.05, 3.63) is 50.5 Å². The van der Waals surface area contributed by atoms with Gasteiger partial charge >= 0.3 is 18.7 Å². The van der Waals surface area contributed by atoms with Crippen molar-refractivity contribution in [2.45, 2.75) is 0 Å². The molecule has 0 atom stereocenters. The summed E-state index contributed by atoms with van der Waals surface area (Å²) in [5.74, 6) is 0. The SMILES string of the molecule is O=c1[nH]c2ccc(/C=C/CP(=O)(O)O)cc2[nH]c1=O. The lowest BCUT2D eigenvalue weighted by Crippen LogP contribution is -2.28. The third-order valence-corrected chi connectivity index (χ3v) is 3.09. The highest BCUT2D eigenvalue weighted by atomic mass is 31.2. The normalized spacial score (nSPS) is 12.3. The Morgan fingerprint density at radius 2 is 1.74 bits per heavy atom. The molecule has 19 heavy (non-hydrogen) atoms. The molecule has 1 aromatic carbocycles. The Hall–Kier alpha value is -1.95. The zero-order valence-electron chi connectivity index (χ0n) is 9.66. The zero-order valence-corrected chi connectivity index (χ0v) is 10.6. The summed E-state index contributed by atoms with van der Waals surface area (Å²) < 4.78 is 10.7. The van der Waals surface area contributed by atoms with Crippen LogP contribution in [0.3, 0.4) is 0 Å². The van der Waals surface area contributed by atoms with E-state index in [0.29, 0.717) is 16.6 Å². The van der Waals surface area contributed by atoms with Crippen LogP contribution in [-0.4, -0.2) is 25.9 Å². The molecule has 0 aliphatic heterocycles. The highest BCUT2D eigenvalue weighted by molar-refractivity contribution is 7.51. The second-order valence-electron chi connectivity index (χ2n) is 3.96. The fraction of sp³-hybridized carbons (Fsp3) is 0.0909. The van der Waals surface area contributed by atoms with Gasteiger partial charge in [-0.25, -0.2) is 0 Å². The highest BCUT2D eigenvalue weighted by Gasteiger charge is 2.08. The van der Waals surface area contributed by atoms with Gasteiger partial charge in [-0.3, -0.25) is 14.2 Å². The van der Waals surface area contributed by atoms with Gasteiger partial charge in [-0.2, -0.15) is 0 Å². The van der Waals surface area contributed by atoms with Crippen molar-refractivity contribution in [3.63, 3.8) is 0 Å². The molecule has 2 aromatic rings. The van der Waals surface area contributed by atoms with Crippen molar-refractivity contribution in [2.24, 2.45) is 0 Å². The number of fused-ring (bicyclic) bond motifs is 1. The van der Waals surface area contributed by atoms with Crippen molar-refractivity contribution in [1.82, 2.24) is 9.97 Å². The average molecular weight is 282 g/mol. The van der Waals surface area contributed by atoms with E-state index in [1.807, 2.05) is 0 Å². The summed E-state index contributed by atoms with van der Waals surface area (Å²) in [4.78, 5) is 44.5. The molecule has 1 heterocycles. The number of allylic oxidation sites excluding steroid dienone is 1. The largest absolute Gasteiger partial charge is 0.329 e. The van der Waals surface area contributed by atoms with E-state index in [9.17, 15) is 14.2 Å². The monoisotopic (exact) mass is 282 g/mol. The van der Waals surface area contributed by atoms with Crippen molar-refractivity contribution in [1.29, 1.82) is 0 Å². The second kappa shape index (κ2) is 4.97. The first kappa shape index (κ1) is 13.5. The van der Waals surface area contributed by atoms with Gasteiger partial charge in [0.15, 0.2) is 0 Å². The van der Waals surface area contributed by atoms with E-state index in [0.717, 1.165) is 0 Å². The summed E-state index contributed by atoms with van der Waals surface area (Å²) in [6.07, 6.45) is 2.53. The summed E-state index contributed by atoms with van der Waals surface area (Å²) in [6.45, 7) is 0. The number of benzene rings is 1. The molecule has 0 aliphatic carbocycles. The summed E-state index contributed by atoms with van der Waals surface area (Å²) in [5.41, 5.74) is 0.115. The number of nitrogens with one attached hydrogen (secondary N) is 2. The van der Waals surface area contributed by atoms with Crippen molar-refractivity contribution >= 4 is 24.7 Å². The van der Waals surface area contributed by atoms with Crippen LogP contribution in [-0.2, 0) is 4.57 Å². The van der Waals surface area contributed by atoms with Gasteiger partial charge in [0, 0.05) is 0 Å². The maximum Gasteiger partial charge on any atom is 0.329 e. The minimum absolute atomic E-state index is 0.354. The van der Waals surface area contributed by atoms with Gasteiger partial charge in [0.2, 0.25) is 0 Å². The van der Waals surface area contributed by atoms with Crippen LogP contribution in [0.15, 0.2) is 33.9 Å². The lowest BCUT2D eigenvalue weighted by atomic mass is 10.2. The van der Waals surface area contributed by atoms with E-state index in [-0.39, 0.29) is 6.16 Å². The molecule has 0 amide bonds. The topological polar surface area (TPSA) is 123 Å². The molecule has 0 unspecified atom stereocenters. The first-order valence-electron chi connectivity index (χ1n) is 5.33. The standard InChI is InChI=1S/C11H11N2O5P/c14-10-11(15)13-9-6-7(3-4-8(9)12-10)2-1-5-19(16,17)18/h1-4,6H,5H2,(H,12,14)(H,13,15)(H2,16,17,18)/b2-1+. The van der Waals surface area contributed by atoms with E-state index in [1.165, 1.54) is 12.2 Å². The summed E-state index contributed by atoms with van der Waals surface area (Å²) in [6, 6.07) is 4.86. The molecule has 0 radical (unpaired) electrons. The Bertz CT molecular complexity index is 799. The number of H-pyrrole nitrogens is 2. The van der Waals surface area contributed by atoms with Crippen molar-refractivity contribution < 1.29 is 14.4 Å². The molecule has 8 heteroatoms. The Morgan fingerprint density at radius 1 is 1.11 bits per heavy atom. The molecule has 7 nitrogen and oxygen atoms in total. The molecular weight excluding hydrogens is 271 g/mol. The smallest absolute Gasteiger partial charge is 0.324 e. The molecule has 0 bridgehead atoms. The Balaban J connectivity index is 2.37. The van der Waals surface area contributed by atoms with Crippen LogP contribution in [0.5, 0.6) is 0 Å². The van der Waals surface area contributed by atoms with E-state index in [2.05, 4.69) is 9.97 Å². The van der Waals surface area contributed by atoms with Crippen LogP contribution < -0.4 is 11.1 Å². The highest BCUT2D eigenvalue weighted by Crippen LogP contribution is 2.34. The number of hydrogen-bond donors (Lipinski definition) is 4. The van der Waals surface area contributed by atoms with Gasteiger partial charge in [-0.05, 0) is 17.7 Å². The fourth-order valence-electron chi connectivity index (χ4n) is 1.56. The zero-order chi connectivity index (χ0) is 14.0. The summed E-state index contributed by atoms with van der Waals surface area (Å²) in [7, 11) is -4.06. The third-order valence-electron chi connectivity index (χ3n) is 2.40. The van der Waals surface area contributed by atoms with E-state index in [1.54, 1.807) is 18.2 Å².